The van der Waals surface area contributed by atoms with Crippen molar-refractivity contribution in [1.29, 1.82) is 0 Å². The molecule has 0 spiro atoms. The van der Waals surface area contributed by atoms with E-state index in [1.807, 2.05) is 30.3 Å². The summed E-state index contributed by atoms with van der Waals surface area (Å²) >= 11 is 1.45. The molecule has 0 aliphatic carbocycles. The maximum absolute atomic E-state index is 11.0. The highest BCUT2D eigenvalue weighted by molar-refractivity contribution is 8.14. The molecule has 1 aliphatic rings. The number of rotatable bonds is 3. The van der Waals surface area contributed by atoms with Gasteiger partial charge in [0.2, 0.25) is 0 Å². The molecule has 1 atom stereocenters. The Balaban J connectivity index is 1.88. The summed E-state index contributed by atoms with van der Waals surface area (Å²) in [7, 11) is 1.77. The van der Waals surface area contributed by atoms with Gasteiger partial charge in [0.15, 0.2) is 10.9 Å². The van der Waals surface area contributed by atoms with Crippen LogP contribution in [0.5, 0.6) is 0 Å². The van der Waals surface area contributed by atoms with E-state index in [0.29, 0.717) is 16.5 Å². The number of benzene rings is 2. The molecular formula is C16H15N3O3S. The topological polar surface area (TPSA) is 79.0 Å². The first-order valence-corrected chi connectivity index (χ1v) is 7.97. The molecule has 1 fully saturated rings. The minimum absolute atomic E-state index is 0.00355. The zero-order chi connectivity index (χ0) is 16.4. The molecule has 7 heteroatoms. The highest BCUT2D eigenvalue weighted by Gasteiger charge is 2.42. The molecule has 118 valence electrons. The van der Waals surface area contributed by atoms with Gasteiger partial charge in [-0.05, 0) is 24.3 Å². The molecule has 0 aromatic heterocycles. The summed E-state index contributed by atoms with van der Waals surface area (Å²) in [5.41, 5.74) is 0.197. The third kappa shape index (κ3) is 2.93. The zero-order valence-electron chi connectivity index (χ0n) is 12.4. The predicted octanol–water partition coefficient (Wildman–Crippen LogP) is 3.11. The van der Waals surface area contributed by atoms with E-state index in [0.717, 1.165) is 5.69 Å². The van der Waals surface area contributed by atoms with E-state index in [9.17, 15) is 15.2 Å². The van der Waals surface area contributed by atoms with E-state index < -0.39 is 10.6 Å². The third-order valence-corrected chi connectivity index (χ3v) is 4.94. The summed E-state index contributed by atoms with van der Waals surface area (Å²) in [6.07, 6.45) is 0. The number of aliphatic hydroxyl groups is 1. The van der Waals surface area contributed by atoms with Crippen molar-refractivity contribution in [2.75, 3.05) is 12.8 Å². The van der Waals surface area contributed by atoms with Gasteiger partial charge in [-0.3, -0.25) is 10.1 Å². The van der Waals surface area contributed by atoms with E-state index in [1.54, 1.807) is 24.1 Å². The van der Waals surface area contributed by atoms with Crippen LogP contribution in [0.4, 0.5) is 11.4 Å². The number of nitro groups is 1. The van der Waals surface area contributed by atoms with Crippen molar-refractivity contribution in [1.82, 2.24) is 4.90 Å². The number of nitrogens with zero attached hydrogens (tertiary/aromatic N) is 3. The largest absolute Gasteiger partial charge is 0.366 e. The number of nitro benzene ring substituents is 1. The Bertz CT molecular complexity index is 749. The number of para-hydroxylation sites is 1. The Morgan fingerprint density at radius 2 is 1.87 bits per heavy atom. The van der Waals surface area contributed by atoms with Gasteiger partial charge in [-0.25, -0.2) is 4.99 Å². The van der Waals surface area contributed by atoms with Gasteiger partial charge < -0.3 is 10.0 Å². The molecule has 2 aromatic rings. The smallest absolute Gasteiger partial charge is 0.269 e. The van der Waals surface area contributed by atoms with Crippen molar-refractivity contribution >= 4 is 28.3 Å². The number of hydrogen-bond acceptors (Lipinski definition) is 5. The Morgan fingerprint density at radius 3 is 2.48 bits per heavy atom. The van der Waals surface area contributed by atoms with Crippen molar-refractivity contribution in [2.45, 2.75) is 5.72 Å². The Hall–Kier alpha value is -2.38. The number of amidine groups is 1. The third-order valence-electron chi connectivity index (χ3n) is 3.77. The second-order valence-electron chi connectivity index (χ2n) is 5.20. The number of aliphatic imine (C=N–C) groups is 1. The number of non-ortho nitro benzene ring substituents is 1. The quantitative estimate of drug-likeness (QED) is 0.691. The molecule has 1 saturated heterocycles. The normalized spacial score (nSPS) is 22.5. The lowest BCUT2D eigenvalue weighted by molar-refractivity contribution is -0.384. The SMILES string of the molecule is CN1C(=Nc2ccccc2)SC[C@]1(O)c1ccc([N+](=O)[O-])cc1. The van der Waals surface area contributed by atoms with Gasteiger partial charge in [0.1, 0.15) is 0 Å². The molecule has 3 rings (SSSR count). The maximum Gasteiger partial charge on any atom is 0.269 e. The molecule has 1 aliphatic heterocycles. The second kappa shape index (κ2) is 6.02. The van der Waals surface area contributed by atoms with Crippen LogP contribution in [-0.4, -0.2) is 32.9 Å². The van der Waals surface area contributed by atoms with Gasteiger partial charge in [-0.15, -0.1) is 0 Å². The molecule has 2 aromatic carbocycles. The lowest BCUT2D eigenvalue weighted by Crippen LogP contribution is -2.42. The van der Waals surface area contributed by atoms with E-state index in [1.165, 1.54) is 23.9 Å². The highest BCUT2D eigenvalue weighted by Crippen LogP contribution is 2.39. The highest BCUT2D eigenvalue weighted by atomic mass is 32.2. The Labute approximate surface area is 137 Å². The maximum atomic E-state index is 11.0. The van der Waals surface area contributed by atoms with E-state index in [4.69, 9.17) is 0 Å². The van der Waals surface area contributed by atoms with Crippen LogP contribution in [0.15, 0.2) is 59.6 Å². The fraction of sp³-hybridized carbons (Fsp3) is 0.188. The van der Waals surface area contributed by atoms with Crippen molar-refractivity contribution < 1.29 is 10.0 Å². The van der Waals surface area contributed by atoms with Gasteiger partial charge >= 0.3 is 0 Å². The predicted molar refractivity (Wildman–Crippen MR) is 90.8 cm³/mol. The molecule has 0 amide bonds. The van der Waals surface area contributed by atoms with E-state index >= 15 is 0 Å². The summed E-state index contributed by atoms with van der Waals surface area (Å²) in [4.78, 5) is 16.5. The minimum Gasteiger partial charge on any atom is -0.366 e. The Kier molecular flexibility index (Phi) is 4.06. The monoisotopic (exact) mass is 329 g/mol. The average molecular weight is 329 g/mol. The Morgan fingerprint density at radius 1 is 1.22 bits per heavy atom. The van der Waals surface area contributed by atoms with Gasteiger partial charge in [-0.1, -0.05) is 30.0 Å². The van der Waals surface area contributed by atoms with Crippen LogP contribution in [0.2, 0.25) is 0 Å². The first kappa shape index (κ1) is 15.5. The zero-order valence-corrected chi connectivity index (χ0v) is 13.2. The summed E-state index contributed by atoms with van der Waals surface area (Å²) < 4.78 is 0. The van der Waals surface area contributed by atoms with Gasteiger partial charge in [0.05, 0.1) is 16.4 Å². The van der Waals surface area contributed by atoms with Crippen molar-refractivity contribution in [3.8, 4) is 0 Å². The molecule has 0 unspecified atom stereocenters. The fourth-order valence-electron chi connectivity index (χ4n) is 2.36. The summed E-state index contributed by atoms with van der Waals surface area (Å²) in [6.45, 7) is 0. The molecule has 1 heterocycles. The first-order valence-electron chi connectivity index (χ1n) is 6.98. The number of hydrogen-bond donors (Lipinski definition) is 1. The van der Waals surface area contributed by atoms with Crippen LogP contribution in [0.3, 0.4) is 0 Å². The standard InChI is InChI=1S/C16H15N3O3S/c1-18-15(17-13-5-3-2-4-6-13)23-11-16(18,20)12-7-9-14(10-8-12)19(21)22/h2-10,20H,11H2,1H3/t16-/m0/s1. The van der Waals surface area contributed by atoms with Gasteiger partial charge in [-0.2, -0.15) is 0 Å². The van der Waals surface area contributed by atoms with Crippen LogP contribution in [0.1, 0.15) is 5.56 Å². The molecule has 6 nitrogen and oxygen atoms in total. The molecule has 1 N–H and O–H groups in total. The van der Waals surface area contributed by atoms with E-state index in [-0.39, 0.29) is 5.69 Å². The average Bonchev–Trinajstić information content (AvgIpc) is 2.85. The lowest BCUT2D eigenvalue weighted by atomic mass is 10.0. The van der Waals surface area contributed by atoms with Crippen molar-refractivity contribution in [3.63, 3.8) is 0 Å². The minimum atomic E-state index is -1.23. The van der Waals surface area contributed by atoms with E-state index in [2.05, 4.69) is 4.99 Å². The van der Waals surface area contributed by atoms with Crippen LogP contribution < -0.4 is 0 Å². The summed E-state index contributed by atoms with van der Waals surface area (Å²) in [5.74, 6) is 0.410. The van der Waals surface area contributed by atoms with Crippen molar-refractivity contribution in [2.24, 2.45) is 4.99 Å². The molecule has 0 bridgehead atoms. The lowest BCUT2D eigenvalue weighted by Gasteiger charge is -2.31. The molecule has 0 radical (unpaired) electrons. The summed E-state index contributed by atoms with van der Waals surface area (Å²) in [5, 5.41) is 22.4. The molecule has 23 heavy (non-hydrogen) atoms. The number of thioether (sulfide) groups is 1. The van der Waals surface area contributed by atoms with Crippen LogP contribution in [0.25, 0.3) is 0 Å². The fourth-order valence-corrected chi connectivity index (χ4v) is 3.57. The second-order valence-corrected chi connectivity index (χ2v) is 6.14. The van der Waals surface area contributed by atoms with Crippen LogP contribution in [0, 0.1) is 10.1 Å². The van der Waals surface area contributed by atoms with Crippen LogP contribution >= 0.6 is 11.8 Å². The molecular weight excluding hydrogens is 314 g/mol. The van der Waals surface area contributed by atoms with Crippen LogP contribution in [-0.2, 0) is 5.72 Å². The molecule has 0 saturated carbocycles. The summed E-state index contributed by atoms with van der Waals surface area (Å²) in [6, 6.07) is 15.5. The van der Waals surface area contributed by atoms with Gasteiger partial charge in [0.25, 0.3) is 5.69 Å². The van der Waals surface area contributed by atoms with Gasteiger partial charge in [0, 0.05) is 24.7 Å². The first-order chi connectivity index (χ1) is 11.0. The van der Waals surface area contributed by atoms with Crippen molar-refractivity contribution in [3.05, 3.63) is 70.3 Å².